The maximum atomic E-state index is 13.4. The molecule has 4 rings (SSSR count). The quantitative estimate of drug-likeness (QED) is 0.465. The molecule has 0 aliphatic carbocycles. The third kappa shape index (κ3) is 4.96. The van der Waals surface area contributed by atoms with Crippen molar-refractivity contribution >= 4 is 22.6 Å². The third-order valence-corrected chi connectivity index (χ3v) is 5.20. The SMILES string of the molecule is C=C/C=C(\C=C)Nc1cc(=O)c2c(COC3=NC=CCC=C3)nc(C)cc2n1-c1ccccc1. The molecule has 1 N–H and O–H groups in total. The third-order valence-electron chi connectivity index (χ3n) is 5.20. The minimum absolute atomic E-state index is 0.125. The summed E-state index contributed by atoms with van der Waals surface area (Å²) in [4.78, 5) is 22.3. The van der Waals surface area contributed by atoms with Crippen LogP contribution in [-0.2, 0) is 11.3 Å². The number of rotatable bonds is 7. The number of nitrogens with zero attached hydrogens (tertiary/aromatic N) is 3. The lowest BCUT2D eigenvalue weighted by atomic mass is 10.1. The van der Waals surface area contributed by atoms with E-state index in [9.17, 15) is 4.79 Å². The van der Waals surface area contributed by atoms with Crippen molar-refractivity contribution in [3.05, 3.63) is 126 Å². The Balaban J connectivity index is 1.90. The first-order valence-electron chi connectivity index (χ1n) is 11.0. The van der Waals surface area contributed by atoms with Gasteiger partial charge in [-0.05, 0) is 49.8 Å². The first-order chi connectivity index (χ1) is 16.6. The van der Waals surface area contributed by atoms with Gasteiger partial charge in [0.2, 0.25) is 5.90 Å². The first-order valence-corrected chi connectivity index (χ1v) is 11.0. The topological polar surface area (TPSA) is 68.5 Å². The van der Waals surface area contributed by atoms with Crippen LogP contribution in [0, 0.1) is 6.92 Å². The van der Waals surface area contributed by atoms with Crippen molar-refractivity contribution in [2.45, 2.75) is 20.0 Å². The molecule has 1 aliphatic heterocycles. The highest BCUT2D eigenvalue weighted by Gasteiger charge is 2.17. The minimum Gasteiger partial charge on any atom is -0.471 e. The van der Waals surface area contributed by atoms with Gasteiger partial charge in [0.05, 0.1) is 16.6 Å². The number of aromatic nitrogens is 2. The van der Waals surface area contributed by atoms with Crippen molar-refractivity contribution in [3.8, 4) is 5.69 Å². The average molecular weight is 451 g/mol. The molecule has 6 heteroatoms. The summed E-state index contributed by atoms with van der Waals surface area (Å²) in [5.74, 6) is 1.09. The van der Waals surface area contributed by atoms with E-state index in [0.717, 1.165) is 29.0 Å². The van der Waals surface area contributed by atoms with Gasteiger partial charge in [-0.2, -0.15) is 0 Å². The normalized spacial score (nSPS) is 13.3. The Kier molecular flexibility index (Phi) is 6.98. The van der Waals surface area contributed by atoms with Gasteiger partial charge in [-0.25, -0.2) is 4.99 Å². The standard InChI is InChI=1S/C28H26N4O2/c1-4-12-21(5-2)31-26-18-25(33)28-23(19-34-27-15-10-7-11-16-29-27)30-20(3)17-24(28)32(26)22-13-8-6-9-14-22/h4-6,8-18,31H,1-2,7,19H2,3H3/b21-12+. The number of aryl methyl sites for hydroxylation is 1. The van der Waals surface area contributed by atoms with E-state index in [1.807, 2.05) is 66.1 Å². The molecule has 3 heterocycles. The summed E-state index contributed by atoms with van der Waals surface area (Å²) >= 11 is 0. The Hall–Kier alpha value is -4.45. The number of hydrogen-bond acceptors (Lipinski definition) is 5. The molecule has 0 saturated carbocycles. The zero-order valence-corrected chi connectivity index (χ0v) is 19.1. The number of pyridine rings is 2. The van der Waals surface area contributed by atoms with Crippen molar-refractivity contribution < 1.29 is 4.74 Å². The number of ether oxygens (including phenoxy) is 1. The molecule has 170 valence electrons. The Morgan fingerprint density at radius 3 is 2.79 bits per heavy atom. The van der Waals surface area contributed by atoms with Crippen LogP contribution in [0.15, 0.2) is 114 Å². The Morgan fingerprint density at radius 1 is 1.21 bits per heavy atom. The molecule has 0 saturated heterocycles. The summed E-state index contributed by atoms with van der Waals surface area (Å²) in [6.45, 7) is 9.63. The summed E-state index contributed by atoms with van der Waals surface area (Å²) in [6, 6.07) is 13.3. The lowest BCUT2D eigenvalue weighted by Gasteiger charge is -2.20. The van der Waals surface area contributed by atoms with Crippen molar-refractivity contribution in [1.29, 1.82) is 0 Å². The van der Waals surface area contributed by atoms with Gasteiger partial charge in [0.25, 0.3) is 0 Å². The van der Waals surface area contributed by atoms with E-state index in [0.29, 0.717) is 22.8 Å². The predicted molar refractivity (Wildman–Crippen MR) is 139 cm³/mol. The molecule has 2 aromatic heterocycles. The monoisotopic (exact) mass is 450 g/mol. The molecular formula is C28H26N4O2. The fraction of sp³-hybridized carbons (Fsp3) is 0.107. The second-order valence-electron chi connectivity index (χ2n) is 7.63. The van der Waals surface area contributed by atoms with Gasteiger partial charge in [-0.15, -0.1) is 0 Å². The van der Waals surface area contributed by atoms with E-state index in [2.05, 4.69) is 28.5 Å². The number of nitrogens with one attached hydrogen (secondary N) is 1. The average Bonchev–Trinajstić information content (AvgIpc) is 3.11. The van der Waals surface area contributed by atoms with Gasteiger partial charge in [0, 0.05) is 29.3 Å². The molecular weight excluding hydrogens is 424 g/mol. The number of hydrogen-bond donors (Lipinski definition) is 1. The van der Waals surface area contributed by atoms with Crippen LogP contribution >= 0.6 is 0 Å². The van der Waals surface area contributed by atoms with E-state index < -0.39 is 0 Å². The van der Waals surface area contributed by atoms with Crippen LogP contribution in [0.25, 0.3) is 16.6 Å². The van der Waals surface area contributed by atoms with Crippen LogP contribution in [0.2, 0.25) is 0 Å². The molecule has 1 aliphatic rings. The zero-order valence-electron chi connectivity index (χ0n) is 19.1. The molecule has 0 bridgehead atoms. The molecule has 3 aromatic rings. The summed E-state index contributed by atoms with van der Waals surface area (Å²) in [5.41, 5.74) is 3.53. The molecule has 1 aromatic carbocycles. The van der Waals surface area contributed by atoms with Crippen molar-refractivity contribution in [1.82, 2.24) is 9.55 Å². The highest BCUT2D eigenvalue weighted by atomic mass is 16.5. The van der Waals surface area contributed by atoms with Crippen LogP contribution in [0.5, 0.6) is 0 Å². The number of benzene rings is 1. The van der Waals surface area contributed by atoms with E-state index in [4.69, 9.17) is 4.74 Å². The molecule has 0 unspecified atom stereocenters. The molecule has 6 nitrogen and oxygen atoms in total. The molecule has 0 spiro atoms. The molecule has 0 fully saturated rings. The number of anilines is 1. The summed E-state index contributed by atoms with van der Waals surface area (Å²) in [6.07, 6.45) is 13.4. The fourth-order valence-electron chi connectivity index (χ4n) is 3.75. The highest BCUT2D eigenvalue weighted by molar-refractivity contribution is 5.89. The van der Waals surface area contributed by atoms with Gasteiger partial charge >= 0.3 is 0 Å². The summed E-state index contributed by atoms with van der Waals surface area (Å²) < 4.78 is 7.91. The lowest BCUT2D eigenvalue weighted by Crippen LogP contribution is -2.17. The van der Waals surface area contributed by atoms with Crippen LogP contribution in [0.4, 0.5) is 5.82 Å². The van der Waals surface area contributed by atoms with Gasteiger partial charge in [-0.1, -0.05) is 49.6 Å². The van der Waals surface area contributed by atoms with E-state index in [1.54, 1.807) is 30.5 Å². The van der Waals surface area contributed by atoms with Gasteiger partial charge in [0.1, 0.15) is 12.4 Å². The number of allylic oxidation sites excluding steroid dienone is 5. The molecule has 0 atom stereocenters. The van der Waals surface area contributed by atoms with E-state index in [1.165, 1.54) is 0 Å². The number of fused-ring (bicyclic) bond motifs is 1. The molecule has 0 amide bonds. The molecule has 34 heavy (non-hydrogen) atoms. The minimum atomic E-state index is -0.156. The zero-order chi connectivity index (χ0) is 23.9. The Bertz CT molecular complexity index is 1410. The van der Waals surface area contributed by atoms with E-state index >= 15 is 0 Å². The van der Waals surface area contributed by atoms with Crippen molar-refractivity contribution in [2.24, 2.45) is 4.99 Å². The second-order valence-corrected chi connectivity index (χ2v) is 7.63. The summed E-state index contributed by atoms with van der Waals surface area (Å²) in [7, 11) is 0. The fourth-order valence-corrected chi connectivity index (χ4v) is 3.75. The maximum Gasteiger partial charge on any atom is 0.213 e. The van der Waals surface area contributed by atoms with E-state index in [-0.39, 0.29) is 12.0 Å². The van der Waals surface area contributed by atoms with Crippen molar-refractivity contribution in [3.63, 3.8) is 0 Å². The van der Waals surface area contributed by atoms with Gasteiger partial charge in [0.15, 0.2) is 5.43 Å². The second kappa shape index (κ2) is 10.4. The van der Waals surface area contributed by atoms with Crippen LogP contribution in [0.1, 0.15) is 17.8 Å². The lowest BCUT2D eigenvalue weighted by molar-refractivity contribution is 0.292. The van der Waals surface area contributed by atoms with Crippen LogP contribution in [0.3, 0.4) is 0 Å². The van der Waals surface area contributed by atoms with Crippen LogP contribution in [-0.4, -0.2) is 15.4 Å². The highest BCUT2D eigenvalue weighted by Crippen LogP contribution is 2.26. The summed E-state index contributed by atoms with van der Waals surface area (Å²) in [5, 5.41) is 3.81. The maximum absolute atomic E-state index is 13.4. The Labute approximate surface area is 198 Å². The Morgan fingerprint density at radius 2 is 2.03 bits per heavy atom. The number of para-hydroxylation sites is 1. The number of aliphatic imine (C=N–C) groups is 1. The molecule has 0 radical (unpaired) electrons. The largest absolute Gasteiger partial charge is 0.471 e. The first kappa shape index (κ1) is 22.7. The van der Waals surface area contributed by atoms with Crippen molar-refractivity contribution in [2.75, 3.05) is 5.32 Å². The van der Waals surface area contributed by atoms with Gasteiger partial charge < -0.3 is 10.1 Å². The predicted octanol–water partition coefficient (Wildman–Crippen LogP) is 5.75. The van der Waals surface area contributed by atoms with Gasteiger partial charge in [-0.3, -0.25) is 14.3 Å². The smallest absolute Gasteiger partial charge is 0.213 e. The van der Waals surface area contributed by atoms with Crippen LogP contribution < -0.4 is 10.7 Å².